The van der Waals surface area contributed by atoms with Crippen LogP contribution in [-0.2, 0) is 17.7 Å². The maximum absolute atomic E-state index is 5.84. The second-order valence-corrected chi connectivity index (χ2v) is 8.93. The van der Waals surface area contributed by atoms with Gasteiger partial charge in [-0.05, 0) is 48.8 Å². The Morgan fingerprint density at radius 1 is 1.22 bits per heavy atom. The van der Waals surface area contributed by atoms with Crippen molar-refractivity contribution in [2.45, 2.75) is 65.5 Å². The monoisotopic (exact) mass is 368 g/mol. The van der Waals surface area contributed by atoms with Crippen molar-refractivity contribution in [3.8, 4) is 11.3 Å². The number of ether oxygens (including phenoxy) is 1. The molecule has 0 aliphatic carbocycles. The molecule has 0 bridgehead atoms. The molecule has 0 amide bonds. The third-order valence-corrected chi connectivity index (χ3v) is 5.69. The molecule has 2 fully saturated rings. The fourth-order valence-electron chi connectivity index (χ4n) is 4.34. The van der Waals surface area contributed by atoms with E-state index in [1.54, 1.807) is 0 Å². The molecule has 27 heavy (non-hydrogen) atoms. The summed E-state index contributed by atoms with van der Waals surface area (Å²) in [4.78, 5) is 2.47. The molecule has 3 heterocycles. The Morgan fingerprint density at radius 3 is 2.78 bits per heavy atom. The highest BCUT2D eigenvalue weighted by Crippen LogP contribution is 2.36. The maximum atomic E-state index is 5.84. The number of nitrogens with zero attached hydrogens (tertiary/aromatic N) is 4. The lowest BCUT2D eigenvalue weighted by Gasteiger charge is -2.47. The normalized spacial score (nSPS) is 21.9. The Balaban J connectivity index is 1.52. The summed E-state index contributed by atoms with van der Waals surface area (Å²) in [6.45, 7) is 10.8. The van der Waals surface area contributed by atoms with Gasteiger partial charge in [0, 0.05) is 30.9 Å². The highest BCUT2D eigenvalue weighted by molar-refractivity contribution is 5.68. The predicted octanol–water partition coefficient (Wildman–Crippen LogP) is 4.31. The first-order valence-electron chi connectivity index (χ1n) is 10.4. The van der Waals surface area contributed by atoms with E-state index in [1.807, 2.05) is 4.68 Å². The van der Waals surface area contributed by atoms with Crippen molar-refractivity contribution in [1.82, 2.24) is 15.0 Å². The Hall–Kier alpha value is -1.88. The number of hydrogen-bond acceptors (Lipinski definition) is 4. The van der Waals surface area contributed by atoms with Crippen molar-refractivity contribution >= 4 is 5.69 Å². The Labute approximate surface area is 162 Å². The van der Waals surface area contributed by atoms with Gasteiger partial charge in [-0.25, -0.2) is 4.68 Å². The third kappa shape index (κ3) is 4.18. The lowest BCUT2D eigenvalue weighted by atomic mass is 9.83. The Morgan fingerprint density at radius 2 is 2.07 bits per heavy atom. The molecule has 2 saturated heterocycles. The van der Waals surface area contributed by atoms with E-state index >= 15 is 0 Å². The van der Waals surface area contributed by atoms with Crippen LogP contribution in [0, 0.1) is 5.41 Å². The van der Waals surface area contributed by atoms with Crippen LogP contribution in [-0.4, -0.2) is 40.8 Å². The van der Waals surface area contributed by atoms with E-state index in [4.69, 9.17) is 4.74 Å². The molecule has 1 aromatic carbocycles. The lowest BCUT2D eigenvalue weighted by molar-refractivity contribution is 0.00370. The van der Waals surface area contributed by atoms with Crippen molar-refractivity contribution in [1.29, 1.82) is 0 Å². The number of rotatable bonds is 6. The van der Waals surface area contributed by atoms with E-state index < -0.39 is 0 Å². The number of hydrogen-bond donors (Lipinski definition) is 0. The summed E-state index contributed by atoms with van der Waals surface area (Å²) in [6, 6.07) is 6.83. The summed E-state index contributed by atoms with van der Waals surface area (Å²) in [5.41, 5.74) is 5.35. The molecule has 4 rings (SSSR count). The van der Waals surface area contributed by atoms with E-state index in [0.29, 0.717) is 5.41 Å². The largest absolute Gasteiger partial charge is 0.376 e. The third-order valence-electron chi connectivity index (χ3n) is 5.69. The molecule has 5 heteroatoms. The van der Waals surface area contributed by atoms with Crippen LogP contribution in [0.3, 0.4) is 0 Å². The zero-order chi connectivity index (χ0) is 18.9. The molecule has 1 atom stereocenters. The Bertz CT molecular complexity index is 768. The zero-order valence-electron chi connectivity index (χ0n) is 16.9. The van der Waals surface area contributed by atoms with Gasteiger partial charge in [0.15, 0.2) is 0 Å². The molecule has 1 unspecified atom stereocenters. The van der Waals surface area contributed by atoms with Crippen LogP contribution in [0.2, 0.25) is 0 Å². The van der Waals surface area contributed by atoms with Gasteiger partial charge in [-0.3, -0.25) is 0 Å². The van der Waals surface area contributed by atoms with Crippen molar-refractivity contribution < 1.29 is 4.74 Å². The van der Waals surface area contributed by atoms with Gasteiger partial charge in [-0.2, -0.15) is 0 Å². The second kappa shape index (κ2) is 7.63. The van der Waals surface area contributed by atoms with Gasteiger partial charge in [0.25, 0.3) is 0 Å². The fourth-order valence-corrected chi connectivity index (χ4v) is 4.34. The minimum atomic E-state index is 0.278. The SMILES string of the molecule is CCCc1cc(N2CC(C)(C)C2)ccc1-c1cn(CC2CCCCO2)nn1. The molecule has 2 aromatic rings. The van der Waals surface area contributed by atoms with Crippen molar-refractivity contribution in [3.63, 3.8) is 0 Å². The van der Waals surface area contributed by atoms with E-state index in [1.165, 1.54) is 29.7 Å². The zero-order valence-corrected chi connectivity index (χ0v) is 16.9. The molecule has 0 radical (unpaired) electrons. The van der Waals surface area contributed by atoms with Gasteiger partial charge < -0.3 is 9.64 Å². The predicted molar refractivity (Wildman–Crippen MR) is 109 cm³/mol. The molecule has 1 aromatic heterocycles. The summed E-state index contributed by atoms with van der Waals surface area (Å²) in [5, 5.41) is 8.84. The van der Waals surface area contributed by atoms with Crippen LogP contribution in [0.25, 0.3) is 11.3 Å². The van der Waals surface area contributed by atoms with Gasteiger partial charge in [0.05, 0.1) is 18.8 Å². The van der Waals surface area contributed by atoms with E-state index in [-0.39, 0.29) is 6.10 Å². The van der Waals surface area contributed by atoms with E-state index in [2.05, 4.69) is 60.4 Å². The fraction of sp³-hybridized carbons (Fsp3) is 0.636. The average molecular weight is 369 g/mol. The summed E-state index contributed by atoms with van der Waals surface area (Å²) in [6.07, 6.45) is 8.11. The van der Waals surface area contributed by atoms with Crippen molar-refractivity contribution in [2.75, 3.05) is 24.6 Å². The van der Waals surface area contributed by atoms with E-state index in [0.717, 1.165) is 51.2 Å². The Kier molecular flexibility index (Phi) is 5.22. The summed E-state index contributed by atoms with van der Waals surface area (Å²) >= 11 is 0. The molecular weight excluding hydrogens is 336 g/mol. The summed E-state index contributed by atoms with van der Waals surface area (Å²) in [7, 11) is 0. The van der Waals surface area contributed by atoms with Gasteiger partial charge in [-0.15, -0.1) is 5.10 Å². The number of benzene rings is 1. The number of aryl methyl sites for hydroxylation is 1. The maximum Gasteiger partial charge on any atom is 0.113 e. The van der Waals surface area contributed by atoms with Crippen LogP contribution in [0.1, 0.15) is 52.0 Å². The molecule has 0 spiro atoms. The highest BCUT2D eigenvalue weighted by atomic mass is 16.5. The number of anilines is 1. The molecule has 2 aliphatic rings. The molecule has 146 valence electrons. The minimum absolute atomic E-state index is 0.278. The minimum Gasteiger partial charge on any atom is -0.376 e. The standard InChI is InChI=1S/C22H32N4O/c1-4-7-17-12-18(25-15-22(2,3)16-25)9-10-20(17)21-14-26(24-23-21)13-19-8-5-6-11-27-19/h9-10,12,14,19H,4-8,11,13,15-16H2,1-3H3. The molecule has 0 N–H and O–H groups in total. The van der Waals surface area contributed by atoms with Crippen molar-refractivity contribution in [3.05, 3.63) is 30.0 Å². The van der Waals surface area contributed by atoms with Gasteiger partial charge in [-0.1, -0.05) is 38.5 Å². The van der Waals surface area contributed by atoms with E-state index in [9.17, 15) is 0 Å². The lowest BCUT2D eigenvalue weighted by Crippen LogP contribution is -2.53. The van der Waals surface area contributed by atoms with Crippen LogP contribution < -0.4 is 4.90 Å². The molecule has 5 nitrogen and oxygen atoms in total. The topological polar surface area (TPSA) is 43.2 Å². The van der Waals surface area contributed by atoms with Crippen LogP contribution in [0.5, 0.6) is 0 Å². The highest BCUT2D eigenvalue weighted by Gasteiger charge is 2.34. The number of aromatic nitrogens is 3. The smallest absolute Gasteiger partial charge is 0.113 e. The summed E-state index contributed by atoms with van der Waals surface area (Å²) in [5.74, 6) is 0. The first-order valence-corrected chi connectivity index (χ1v) is 10.4. The average Bonchev–Trinajstić information content (AvgIpc) is 3.09. The van der Waals surface area contributed by atoms with Crippen LogP contribution in [0.4, 0.5) is 5.69 Å². The quantitative estimate of drug-likeness (QED) is 0.762. The first-order chi connectivity index (χ1) is 13.0. The first kappa shape index (κ1) is 18.5. The molecule has 0 saturated carbocycles. The van der Waals surface area contributed by atoms with Gasteiger partial charge in [0.2, 0.25) is 0 Å². The van der Waals surface area contributed by atoms with Crippen molar-refractivity contribution in [2.24, 2.45) is 5.41 Å². The van der Waals surface area contributed by atoms with Crippen LogP contribution in [0.15, 0.2) is 24.4 Å². The second-order valence-electron chi connectivity index (χ2n) is 8.93. The van der Waals surface area contributed by atoms with Gasteiger partial charge >= 0.3 is 0 Å². The van der Waals surface area contributed by atoms with Gasteiger partial charge in [0.1, 0.15) is 5.69 Å². The van der Waals surface area contributed by atoms with Crippen LogP contribution >= 0.6 is 0 Å². The molecule has 2 aliphatic heterocycles. The molecular formula is C22H32N4O. The summed E-state index contributed by atoms with van der Waals surface area (Å²) < 4.78 is 7.79.